The third-order valence-electron chi connectivity index (χ3n) is 14.5. The second-order valence-corrected chi connectivity index (χ2v) is 18.8. The Bertz CT molecular complexity index is 2530. The van der Waals surface area contributed by atoms with E-state index in [4.69, 9.17) is 19.5 Å². The largest absolute Gasteiger partial charge is 0.469 e. The zero-order valence-electron chi connectivity index (χ0n) is 37.2. The van der Waals surface area contributed by atoms with Gasteiger partial charge in [-0.25, -0.2) is 9.78 Å². The van der Waals surface area contributed by atoms with Crippen molar-refractivity contribution in [2.75, 3.05) is 27.4 Å². The number of piperidine rings is 1. The number of nitrogens with zero attached hydrogens (tertiary/aromatic N) is 4. The SMILES string of the molecule is COC(=O)CC(C(=O)N1CC2(CC2)C[C@H]1c1ncc(-c2ccc3cc(-c4ccc(C5=CN=C([C@@H]6[C@H]7CC[C@H](C7)N6C(=O)[C@H](CCOC(F)F)NC(=O)OC)C5)cc4)ccc3c2)[nH]1)C(C)C. The van der Waals surface area contributed by atoms with Gasteiger partial charge in [-0.2, -0.15) is 8.78 Å². The molecule has 9 rings (SSSR count). The van der Waals surface area contributed by atoms with Crippen LogP contribution in [-0.4, -0.2) is 101 Å². The van der Waals surface area contributed by atoms with Crippen LogP contribution in [-0.2, 0) is 28.6 Å². The van der Waals surface area contributed by atoms with E-state index in [0.717, 1.165) is 94.4 Å². The van der Waals surface area contributed by atoms with Crippen molar-refractivity contribution in [2.24, 2.45) is 28.2 Å². The van der Waals surface area contributed by atoms with Gasteiger partial charge >= 0.3 is 18.7 Å². The Hall–Kier alpha value is -5.96. The Balaban J connectivity index is 0.857. The number of aromatic nitrogens is 2. The first kappa shape index (κ1) is 44.3. The highest BCUT2D eigenvalue weighted by Crippen LogP contribution is 2.58. The van der Waals surface area contributed by atoms with Crippen molar-refractivity contribution in [3.63, 3.8) is 0 Å². The number of hydrogen-bond acceptors (Lipinski definition) is 9. The quantitative estimate of drug-likeness (QED) is 0.112. The number of rotatable bonds is 15. The smallest absolute Gasteiger partial charge is 0.407 e. The molecule has 2 aliphatic carbocycles. The Kier molecular flexibility index (Phi) is 12.3. The molecule has 3 aromatic carbocycles. The number of allylic oxidation sites excluding steroid dienone is 1. The van der Waals surface area contributed by atoms with Gasteiger partial charge in [0.1, 0.15) is 11.9 Å². The summed E-state index contributed by atoms with van der Waals surface area (Å²) in [7, 11) is 2.55. The summed E-state index contributed by atoms with van der Waals surface area (Å²) in [6, 6.07) is 19.7. The summed E-state index contributed by atoms with van der Waals surface area (Å²) >= 11 is 0. The summed E-state index contributed by atoms with van der Waals surface area (Å²) in [5.41, 5.74) is 7.12. The summed E-state index contributed by atoms with van der Waals surface area (Å²) in [4.78, 5) is 69.4. The lowest BCUT2D eigenvalue weighted by Crippen LogP contribution is -2.56. The maximum atomic E-state index is 14.0. The first-order chi connectivity index (χ1) is 31.3. The number of alkyl carbamates (subject to hydrolysis) is 1. The van der Waals surface area contributed by atoms with Gasteiger partial charge in [0.25, 0.3) is 0 Å². The predicted molar refractivity (Wildman–Crippen MR) is 240 cm³/mol. The van der Waals surface area contributed by atoms with Crippen molar-refractivity contribution in [1.82, 2.24) is 25.1 Å². The van der Waals surface area contributed by atoms with Gasteiger partial charge < -0.3 is 34.3 Å². The second kappa shape index (κ2) is 18.1. The molecule has 342 valence electrons. The zero-order valence-corrected chi connectivity index (χ0v) is 37.2. The zero-order chi connectivity index (χ0) is 45.6. The van der Waals surface area contributed by atoms with E-state index in [-0.39, 0.29) is 66.0 Å². The molecule has 2 saturated heterocycles. The number of aromatic amines is 1. The van der Waals surface area contributed by atoms with Crippen LogP contribution in [0.1, 0.15) is 89.1 Å². The van der Waals surface area contributed by atoms with Crippen molar-refractivity contribution in [3.05, 3.63) is 84.4 Å². The Labute approximate surface area is 377 Å². The van der Waals surface area contributed by atoms with Crippen molar-refractivity contribution in [2.45, 2.75) is 102 Å². The summed E-state index contributed by atoms with van der Waals surface area (Å²) in [5, 5.41) is 4.71. The number of ether oxygens (including phenoxy) is 3. The minimum Gasteiger partial charge on any atom is -0.469 e. The fraction of sp³-hybridized carbons (Fsp3) is 0.480. The molecule has 6 atom stereocenters. The number of amides is 3. The van der Waals surface area contributed by atoms with Gasteiger partial charge in [-0.05, 0) is 101 Å². The second-order valence-electron chi connectivity index (χ2n) is 18.8. The lowest BCUT2D eigenvalue weighted by molar-refractivity contribution is -0.148. The number of alkyl halides is 2. The number of imidazole rings is 1. The van der Waals surface area contributed by atoms with Crippen molar-refractivity contribution >= 4 is 45.9 Å². The average Bonchev–Trinajstić information content (AvgIpc) is 3.94. The summed E-state index contributed by atoms with van der Waals surface area (Å²) in [5.74, 6) is -0.181. The van der Waals surface area contributed by atoms with E-state index in [0.29, 0.717) is 13.0 Å². The number of halogens is 2. The molecule has 65 heavy (non-hydrogen) atoms. The predicted octanol–water partition coefficient (Wildman–Crippen LogP) is 8.70. The number of H-pyrrole nitrogens is 1. The number of aliphatic imine (C=N–C) groups is 1. The molecule has 3 aliphatic heterocycles. The summed E-state index contributed by atoms with van der Waals surface area (Å²) in [6.07, 6.45) is 9.12. The molecule has 2 bridgehead atoms. The first-order valence-electron chi connectivity index (χ1n) is 22.7. The Morgan fingerprint density at radius 1 is 0.908 bits per heavy atom. The third kappa shape index (κ3) is 9.03. The third-order valence-corrected chi connectivity index (χ3v) is 14.5. The standard InChI is InChI=1S/C50H56F2N6O7/c1-28(2)38(23-43(59)63-3)46(60)57-27-50(16-17-50)24-42(57)45-54-26-41(55-45)34-12-11-32-19-31(9-10-33(32)20-34)29-5-7-30(8-6-29)36-22-40(53-25-36)44-35-13-14-37(21-35)58(44)47(61)39(56-49(62)64-4)15-18-65-48(51)52/h5-12,19-20,25-26,28,35,37-39,42,44,48H,13-18,21-24,27H2,1-4H3,(H,54,55)(H,56,62)/t35-,37+,38?,39-,42-,44-/m0/s1. The maximum Gasteiger partial charge on any atom is 0.407 e. The van der Waals surface area contributed by atoms with E-state index >= 15 is 0 Å². The summed E-state index contributed by atoms with van der Waals surface area (Å²) < 4.78 is 39.6. The lowest BCUT2D eigenvalue weighted by atomic mass is 9.90. The van der Waals surface area contributed by atoms with Crippen LogP contribution in [0.5, 0.6) is 0 Å². The number of hydrogen-bond donors (Lipinski definition) is 2. The van der Waals surface area contributed by atoms with Crippen molar-refractivity contribution < 1.29 is 42.2 Å². The molecule has 15 heteroatoms. The number of methoxy groups -OCH3 is 2. The van der Waals surface area contributed by atoms with Crippen LogP contribution in [0.2, 0.25) is 0 Å². The normalized spacial score (nSPS) is 22.7. The highest BCUT2D eigenvalue weighted by Gasteiger charge is 2.55. The molecular weight excluding hydrogens is 835 g/mol. The molecule has 1 aromatic heterocycles. The number of esters is 1. The Morgan fingerprint density at radius 3 is 2.31 bits per heavy atom. The van der Waals surface area contributed by atoms with E-state index in [1.165, 1.54) is 14.2 Å². The molecule has 4 heterocycles. The van der Waals surface area contributed by atoms with Crippen LogP contribution >= 0.6 is 0 Å². The van der Waals surface area contributed by atoms with E-state index in [1.54, 1.807) is 0 Å². The topological polar surface area (TPSA) is 156 Å². The molecular formula is C50H56F2N6O7. The highest BCUT2D eigenvalue weighted by molar-refractivity contribution is 6.04. The highest BCUT2D eigenvalue weighted by atomic mass is 19.3. The van der Waals surface area contributed by atoms with Gasteiger partial charge in [0.05, 0.1) is 57.1 Å². The van der Waals surface area contributed by atoms with Crippen molar-refractivity contribution in [1.29, 1.82) is 0 Å². The monoisotopic (exact) mass is 890 g/mol. The number of carbonyl (C=O) groups excluding carboxylic acids is 4. The van der Waals surface area contributed by atoms with Crippen molar-refractivity contribution in [3.8, 4) is 22.4 Å². The van der Waals surface area contributed by atoms with Gasteiger partial charge in [-0.3, -0.25) is 19.4 Å². The Morgan fingerprint density at radius 2 is 1.62 bits per heavy atom. The van der Waals surface area contributed by atoms with E-state index in [2.05, 4.69) is 75.7 Å². The minimum atomic E-state index is -2.98. The minimum absolute atomic E-state index is 0.00746. The molecule has 1 unspecified atom stereocenters. The average molecular weight is 891 g/mol. The van der Waals surface area contributed by atoms with Gasteiger partial charge in [-0.15, -0.1) is 0 Å². The molecule has 2 N–H and O–H groups in total. The lowest BCUT2D eigenvalue weighted by Gasteiger charge is -2.38. The molecule has 0 radical (unpaired) electrons. The molecule has 4 fully saturated rings. The number of carbonyl (C=O) groups is 4. The van der Waals surface area contributed by atoms with E-state index in [1.807, 2.05) is 36.0 Å². The fourth-order valence-corrected chi connectivity index (χ4v) is 10.7. The van der Waals surface area contributed by atoms with Crippen LogP contribution < -0.4 is 5.32 Å². The van der Waals surface area contributed by atoms with Gasteiger partial charge in [0.2, 0.25) is 11.8 Å². The number of likely N-dealkylation sites (tertiary alicyclic amines) is 2. The van der Waals surface area contributed by atoms with E-state index in [9.17, 15) is 28.0 Å². The number of nitrogens with one attached hydrogen (secondary N) is 2. The molecule has 1 spiro atoms. The van der Waals surface area contributed by atoms with Gasteiger partial charge in [-0.1, -0.05) is 62.4 Å². The molecule has 3 amide bonds. The number of fused-ring (bicyclic) bond motifs is 3. The van der Waals surface area contributed by atoms with Crippen LogP contribution in [0.15, 0.2) is 78.1 Å². The molecule has 13 nitrogen and oxygen atoms in total. The van der Waals surface area contributed by atoms with Crippen LogP contribution in [0.4, 0.5) is 13.6 Å². The summed E-state index contributed by atoms with van der Waals surface area (Å²) in [6.45, 7) is 1.27. The maximum absolute atomic E-state index is 14.0. The first-order valence-corrected chi connectivity index (χ1v) is 22.7. The van der Waals surface area contributed by atoms with Crippen LogP contribution in [0, 0.1) is 23.2 Å². The van der Waals surface area contributed by atoms with Gasteiger partial charge in [0, 0.05) is 42.9 Å². The fourth-order valence-electron chi connectivity index (χ4n) is 10.7. The van der Waals surface area contributed by atoms with Crippen LogP contribution in [0.3, 0.4) is 0 Å². The molecule has 2 saturated carbocycles. The molecule has 4 aromatic rings. The molecule has 5 aliphatic rings. The number of benzene rings is 3. The van der Waals surface area contributed by atoms with E-state index < -0.39 is 31.3 Å². The van der Waals surface area contributed by atoms with Crippen LogP contribution in [0.25, 0.3) is 38.7 Å². The van der Waals surface area contributed by atoms with Gasteiger partial charge in [0.15, 0.2) is 0 Å².